The number of sulfonamides is 1. The lowest BCUT2D eigenvalue weighted by molar-refractivity contribution is -0.384. The number of aromatic nitrogens is 1. The minimum Gasteiger partial charge on any atom is -0.383 e. The second kappa shape index (κ2) is 7.77. The van der Waals surface area contributed by atoms with E-state index in [1.165, 1.54) is 43.5 Å². The summed E-state index contributed by atoms with van der Waals surface area (Å²) >= 11 is 6.86. The van der Waals surface area contributed by atoms with Crippen molar-refractivity contribution in [1.82, 2.24) is 4.57 Å². The van der Waals surface area contributed by atoms with E-state index in [4.69, 9.17) is 16.3 Å². The monoisotopic (exact) mass is 427 g/mol. The second-order valence-corrected chi connectivity index (χ2v) is 8.51. The number of hydrogen-bond donors (Lipinski definition) is 0. The Morgan fingerprint density at radius 3 is 2.59 bits per heavy atom. The lowest BCUT2D eigenvalue weighted by Crippen LogP contribution is -2.19. The summed E-state index contributed by atoms with van der Waals surface area (Å²) in [6, 6.07) is 10.0. The molecule has 0 atom stereocenters. The SMILES string of the molecule is COCCn1/c(=N/S(=O)(=O)c2ccc(Cl)cc2)sc2cc([N+](=O)[O-])ccc21. The van der Waals surface area contributed by atoms with Crippen LogP contribution < -0.4 is 4.80 Å². The number of nitro groups is 1. The van der Waals surface area contributed by atoms with Crippen molar-refractivity contribution in [1.29, 1.82) is 0 Å². The number of fused-ring (bicyclic) bond motifs is 1. The highest BCUT2D eigenvalue weighted by atomic mass is 35.5. The van der Waals surface area contributed by atoms with Crippen LogP contribution in [0.5, 0.6) is 0 Å². The Labute approximate surface area is 163 Å². The van der Waals surface area contributed by atoms with Gasteiger partial charge in [-0.15, -0.1) is 4.40 Å². The van der Waals surface area contributed by atoms with E-state index in [-0.39, 0.29) is 15.4 Å². The van der Waals surface area contributed by atoms with Crippen LogP contribution in [0.15, 0.2) is 51.8 Å². The third-order valence-electron chi connectivity index (χ3n) is 3.71. The van der Waals surface area contributed by atoms with Crippen LogP contribution in [0, 0.1) is 10.1 Å². The lowest BCUT2D eigenvalue weighted by Gasteiger charge is -2.04. The van der Waals surface area contributed by atoms with Crippen LogP contribution in [0.1, 0.15) is 0 Å². The summed E-state index contributed by atoms with van der Waals surface area (Å²) < 4.78 is 36.5. The molecule has 0 saturated heterocycles. The maximum atomic E-state index is 12.6. The van der Waals surface area contributed by atoms with Gasteiger partial charge in [-0.2, -0.15) is 8.42 Å². The van der Waals surface area contributed by atoms with Gasteiger partial charge in [0.25, 0.3) is 15.7 Å². The molecule has 0 N–H and O–H groups in total. The molecule has 3 aromatic rings. The molecule has 3 rings (SSSR count). The van der Waals surface area contributed by atoms with Crippen LogP contribution in [-0.2, 0) is 21.3 Å². The van der Waals surface area contributed by atoms with Gasteiger partial charge in [-0.05, 0) is 30.3 Å². The van der Waals surface area contributed by atoms with Crippen molar-refractivity contribution in [3.63, 3.8) is 0 Å². The van der Waals surface area contributed by atoms with Crippen molar-refractivity contribution in [2.24, 2.45) is 4.40 Å². The molecular formula is C16H14ClN3O5S2. The van der Waals surface area contributed by atoms with Crippen LogP contribution in [0.3, 0.4) is 0 Å². The van der Waals surface area contributed by atoms with Crippen molar-refractivity contribution >= 4 is 48.9 Å². The van der Waals surface area contributed by atoms with Crippen molar-refractivity contribution in [3.8, 4) is 0 Å². The van der Waals surface area contributed by atoms with E-state index >= 15 is 0 Å². The van der Waals surface area contributed by atoms with Crippen LogP contribution in [-0.4, -0.2) is 31.6 Å². The van der Waals surface area contributed by atoms with Gasteiger partial charge in [-0.25, -0.2) is 0 Å². The molecule has 0 fully saturated rings. The number of methoxy groups -OCH3 is 1. The fraction of sp³-hybridized carbons (Fsp3) is 0.188. The van der Waals surface area contributed by atoms with E-state index < -0.39 is 14.9 Å². The van der Waals surface area contributed by atoms with Gasteiger partial charge < -0.3 is 9.30 Å². The van der Waals surface area contributed by atoms with E-state index in [9.17, 15) is 18.5 Å². The average Bonchev–Trinajstić information content (AvgIpc) is 2.95. The normalized spacial score (nSPS) is 12.6. The van der Waals surface area contributed by atoms with Gasteiger partial charge in [0.2, 0.25) is 4.80 Å². The van der Waals surface area contributed by atoms with E-state index in [0.29, 0.717) is 28.4 Å². The topological polar surface area (TPSA) is 104 Å². The number of ether oxygens (including phenoxy) is 1. The van der Waals surface area contributed by atoms with Crippen molar-refractivity contribution in [2.45, 2.75) is 11.4 Å². The van der Waals surface area contributed by atoms with Gasteiger partial charge in [-0.3, -0.25) is 10.1 Å². The first kappa shape index (κ1) is 19.5. The number of nitro benzene ring substituents is 1. The molecule has 142 valence electrons. The van der Waals surface area contributed by atoms with Crippen LogP contribution >= 0.6 is 22.9 Å². The lowest BCUT2D eigenvalue weighted by atomic mass is 10.3. The van der Waals surface area contributed by atoms with Gasteiger partial charge in [-0.1, -0.05) is 22.9 Å². The molecule has 2 aromatic carbocycles. The number of rotatable bonds is 6. The zero-order valence-corrected chi connectivity index (χ0v) is 16.4. The van der Waals surface area contributed by atoms with Gasteiger partial charge in [0.05, 0.1) is 26.6 Å². The third kappa shape index (κ3) is 4.19. The molecule has 0 radical (unpaired) electrons. The van der Waals surface area contributed by atoms with E-state index in [2.05, 4.69) is 4.40 Å². The molecule has 11 heteroatoms. The Kier molecular flexibility index (Phi) is 5.61. The van der Waals surface area contributed by atoms with Gasteiger partial charge in [0.15, 0.2) is 0 Å². The Morgan fingerprint density at radius 1 is 1.26 bits per heavy atom. The zero-order chi connectivity index (χ0) is 19.6. The first-order valence-electron chi connectivity index (χ1n) is 7.65. The molecule has 0 unspecified atom stereocenters. The Balaban J connectivity index is 2.20. The fourth-order valence-corrected chi connectivity index (χ4v) is 4.82. The number of benzene rings is 2. The van der Waals surface area contributed by atoms with Crippen LogP contribution in [0.4, 0.5) is 5.69 Å². The number of hydrogen-bond acceptors (Lipinski definition) is 6. The van der Waals surface area contributed by atoms with Gasteiger partial charge in [0.1, 0.15) is 0 Å². The number of non-ortho nitro benzene ring substituents is 1. The second-order valence-electron chi connectivity index (χ2n) is 5.46. The standard InChI is InChI=1S/C16H14ClN3O5S2/c1-25-9-8-19-14-7-4-12(20(21)22)10-15(14)26-16(19)18-27(23,24)13-5-2-11(17)3-6-13/h2-7,10H,8-9H2,1H3/b18-16-. The number of thiazole rings is 1. The highest BCUT2D eigenvalue weighted by Crippen LogP contribution is 2.24. The summed E-state index contributed by atoms with van der Waals surface area (Å²) in [7, 11) is -2.44. The Hall–Kier alpha value is -2.27. The molecular weight excluding hydrogens is 414 g/mol. The molecule has 0 saturated carbocycles. The van der Waals surface area contributed by atoms with E-state index in [0.717, 1.165) is 11.3 Å². The third-order valence-corrected chi connectivity index (χ3v) is 6.40. The molecule has 1 aromatic heterocycles. The molecule has 0 aliphatic heterocycles. The predicted molar refractivity (Wildman–Crippen MR) is 103 cm³/mol. The average molecular weight is 428 g/mol. The summed E-state index contributed by atoms with van der Waals surface area (Å²) in [4.78, 5) is 10.7. The summed E-state index contributed by atoms with van der Waals surface area (Å²) in [5.41, 5.74) is 0.572. The molecule has 8 nitrogen and oxygen atoms in total. The minimum absolute atomic E-state index is 0.00799. The van der Waals surface area contributed by atoms with Crippen molar-refractivity contribution in [3.05, 3.63) is 62.4 Å². The highest BCUT2D eigenvalue weighted by Gasteiger charge is 2.16. The molecule has 0 aliphatic carbocycles. The molecule has 0 aliphatic rings. The molecule has 0 spiro atoms. The zero-order valence-electron chi connectivity index (χ0n) is 14.0. The quantitative estimate of drug-likeness (QED) is 0.443. The molecule has 1 heterocycles. The molecule has 0 amide bonds. The van der Waals surface area contributed by atoms with Crippen LogP contribution in [0.2, 0.25) is 5.02 Å². The first-order chi connectivity index (χ1) is 12.8. The number of halogens is 1. The van der Waals surface area contributed by atoms with E-state index in [1.807, 2.05) is 0 Å². The van der Waals surface area contributed by atoms with Gasteiger partial charge in [0, 0.05) is 30.8 Å². The predicted octanol–water partition coefficient (Wildman–Crippen LogP) is 3.20. The van der Waals surface area contributed by atoms with Gasteiger partial charge >= 0.3 is 0 Å². The molecule has 27 heavy (non-hydrogen) atoms. The van der Waals surface area contributed by atoms with Crippen LogP contribution in [0.25, 0.3) is 10.2 Å². The summed E-state index contributed by atoms with van der Waals surface area (Å²) in [6.07, 6.45) is 0. The first-order valence-corrected chi connectivity index (χ1v) is 10.3. The van der Waals surface area contributed by atoms with Crippen molar-refractivity contribution in [2.75, 3.05) is 13.7 Å². The summed E-state index contributed by atoms with van der Waals surface area (Å²) in [5.74, 6) is 0. The minimum atomic E-state index is -3.97. The maximum Gasteiger partial charge on any atom is 0.285 e. The number of nitrogens with zero attached hydrogens (tertiary/aromatic N) is 3. The summed E-state index contributed by atoms with van der Waals surface area (Å²) in [6.45, 7) is 0.681. The molecule has 0 bridgehead atoms. The Morgan fingerprint density at radius 2 is 1.96 bits per heavy atom. The smallest absolute Gasteiger partial charge is 0.285 e. The largest absolute Gasteiger partial charge is 0.383 e. The van der Waals surface area contributed by atoms with Crippen molar-refractivity contribution < 1.29 is 18.1 Å². The maximum absolute atomic E-state index is 12.6. The fourth-order valence-electron chi connectivity index (χ4n) is 2.41. The highest BCUT2D eigenvalue weighted by molar-refractivity contribution is 7.90. The Bertz CT molecular complexity index is 1170. The summed E-state index contributed by atoms with van der Waals surface area (Å²) in [5, 5.41) is 11.4. The van der Waals surface area contributed by atoms with E-state index in [1.54, 1.807) is 10.6 Å².